The Balaban J connectivity index is 2.33. The van der Waals surface area contributed by atoms with Crippen molar-refractivity contribution in [2.75, 3.05) is 19.7 Å². The first kappa shape index (κ1) is 12.7. The second-order valence-corrected chi connectivity index (χ2v) is 3.93. The van der Waals surface area contributed by atoms with Gasteiger partial charge in [0, 0.05) is 25.6 Å². The number of esters is 1. The van der Waals surface area contributed by atoms with Crippen molar-refractivity contribution >= 4 is 11.9 Å². The molecule has 0 N–H and O–H groups in total. The van der Waals surface area contributed by atoms with E-state index >= 15 is 0 Å². The molecule has 1 aliphatic rings. The highest BCUT2D eigenvalue weighted by Gasteiger charge is 2.26. The van der Waals surface area contributed by atoms with Crippen molar-refractivity contribution in [1.29, 1.82) is 0 Å². The summed E-state index contributed by atoms with van der Waals surface area (Å²) in [7, 11) is 0. The number of hydrogen-bond acceptors (Lipinski definition) is 3. The highest BCUT2D eigenvalue weighted by Crippen LogP contribution is 2.19. The van der Waals surface area contributed by atoms with Crippen LogP contribution in [0.5, 0.6) is 0 Å². The number of rotatable bonds is 5. The Morgan fingerprint density at radius 3 is 2.88 bits per heavy atom. The van der Waals surface area contributed by atoms with Crippen LogP contribution in [0.25, 0.3) is 0 Å². The number of nitrogens with zero attached hydrogens (tertiary/aromatic N) is 1. The van der Waals surface area contributed by atoms with Gasteiger partial charge in [0.05, 0.1) is 6.61 Å². The molecule has 1 fully saturated rings. The maximum atomic E-state index is 11.5. The van der Waals surface area contributed by atoms with E-state index in [9.17, 15) is 9.59 Å². The fourth-order valence-corrected chi connectivity index (χ4v) is 1.77. The molecule has 1 heterocycles. The van der Waals surface area contributed by atoms with Crippen LogP contribution in [-0.4, -0.2) is 36.5 Å². The van der Waals surface area contributed by atoms with Gasteiger partial charge in [-0.15, -0.1) is 0 Å². The first-order valence-corrected chi connectivity index (χ1v) is 5.78. The first-order chi connectivity index (χ1) is 7.67. The molecule has 4 heteroatoms. The third-order valence-electron chi connectivity index (χ3n) is 2.74. The lowest BCUT2D eigenvalue weighted by Crippen LogP contribution is -2.25. The van der Waals surface area contributed by atoms with Crippen LogP contribution in [0.3, 0.4) is 0 Å². The third-order valence-corrected chi connectivity index (χ3v) is 2.74. The molecule has 1 saturated heterocycles. The van der Waals surface area contributed by atoms with Crippen LogP contribution in [0.15, 0.2) is 12.2 Å². The van der Waals surface area contributed by atoms with Crippen LogP contribution in [0, 0.1) is 5.92 Å². The molecule has 1 rings (SSSR count). The summed E-state index contributed by atoms with van der Waals surface area (Å²) in [6, 6.07) is 0. The van der Waals surface area contributed by atoms with E-state index in [2.05, 4.69) is 6.92 Å². The molecule has 0 aromatic rings. The maximum absolute atomic E-state index is 11.5. The lowest BCUT2D eigenvalue weighted by atomic mass is 10.1. The molecule has 0 saturated carbocycles. The maximum Gasteiger partial charge on any atom is 0.330 e. The van der Waals surface area contributed by atoms with E-state index in [1.807, 2.05) is 0 Å². The number of carbonyl (C=O) groups excluding carboxylic acids is 2. The summed E-state index contributed by atoms with van der Waals surface area (Å²) in [6.07, 6.45) is 4.75. The molecule has 1 unspecified atom stereocenters. The zero-order valence-electron chi connectivity index (χ0n) is 9.94. The van der Waals surface area contributed by atoms with Crippen LogP contribution in [0.1, 0.15) is 26.7 Å². The topological polar surface area (TPSA) is 46.6 Å². The van der Waals surface area contributed by atoms with Crippen LogP contribution >= 0.6 is 0 Å². The molecular weight excluding hydrogens is 206 g/mol. The van der Waals surface area contributed by atoms with Crippen LogP contribution in [0.4, 0.5) is 0 Å². The number of amides is 1. The summed E-state index contributed by atoms with van der Waals surface area (Å²) in [5, 5.41) is 0. The van der Waals surface area contributed by atoms with E-state index in [0.29, 0.717) is 25.5 Å². The molecule has 0 bridgehead atoms. The minimum absolute atomic E-state index is 0.181. The van der Waals surface area contributed by atoms with E-state index in [4.69, 9.17) is 4.74 Å². The van der Waals surface area contributed by atoms with Gasteiger partial charge < -0.3 is 9.64 Å². The van der Waals surface area contributed by atoms with Gasteiger partial charge in [-0.3, -0.25) is 4.79 Å². The molecule has 0 spiro atoms. The fraction of sp³-hybridized carbons (Fsp3) is 0.667. The zero-order valence-corrected chi connectivity index (χ0v) is 9.94. The SMILES string of the molecule is CCOC(=O)/C=C/CN1CC(CC)CC1=O. The number of carbonyl (C=O) groups is 2. The Morgan fingerprint density at radius 1 is 1.56 bits per heavy atom. The van der Waals surface area contributed by atoms with Crippen molar-refractivity contribution < 1.29 is 14.3 Å². The zero-order chi connectivity index (χ0) is 12.0. The lowest BCUT2D eigenvalue weighted by molar-refractivity contribution is -0.137. The normalized spacial score (nSPS) is 20.8. The standard InChI is InChI=1S/C12H19NO3/c1-3-10-8-11(14)13(9-10)7-5-6-12(15)16-4-2/h5-6,10H,3-4,7-9H2,1-2H3/b6-5+. The lowest BCUT2D eigenvalue weighted by Gasteiger charge is -2.13. The van der Waals surface area contributed by atoms with Crippen LogP contribution in [-0.2, 0) is 14.3 Å². The summed E-state index contributed by atoms with van der Waals surface area (Å²) in [4.78, 5) is 24.3. The minimum Gasteiger partial charge on any atom is -0.463 e. The van der Waals surface area contributed by atoms with Crippen molar-refractivity contribution in [3.8, 4) is 0 Å². The molecule has 0 radical (unpaired) electrons. The van der Waals surface area contributed by atoms with E-state index < -0.39 is 0 Å². The van der Waals surface area contributed by atoms with Gasteiger partial charge in [0.2, 0.25) is 5.91 Å². The summed E-state index contributed by atoms with van der Waals surface area (Å²) in [5.41, 5.74) is 0. The number of likely N-dealkylation sites (tertiary alicyclic amines) is 1. The third kappa shape index (κ3) is 3.68. The largest absolute Gasteiger partial charge is 0.463 e. The van der Waals surface area contributed by atoms with E-state index in [1.54, 1.807) is 17.9 Å². The number of hydrogen-bond donors (Lipinski definition) is 0. The molecule has 16 heavy (non-hydrogen) atoms. The Hall–Kier alpha value is -1.32. The molecule has 0 aliphatic carbocycles. The van der Waals surface area contributed by atoms with Crippen molar-refractivity contribution in [2.24, 2.45) is 5.92 Å². The fourth-order valence-electron chi connectivity index (χ4n) is 1.77. The van der Waals surface area contributed by atoms with Crippen molar-refractivity contribution in [3.63, 3.8) is 0 Å². The van der Waals surface area contributed by atoms with E-state index in [1.165, 1.54) is 6.08 Å². The predicted molar refractivity (Wildman–Crippen MR) is 60.8 cm³/mol. The molecule has 90 valence electrons. The Kier molecular flexibility index (Phi) is 5.02. The van der Waals surface area contributed by atoms with E-state index in [0.717, 1.165) is 13.0 Å². The second kappa shape index (κ2) is 6.30. The van der Waals surface area contributed by atoms with Crippen molar-refractivity contribution in [2.45, 2.75) is 26.7 Å². The van der Waals surface area contributed by atoms with Crippen molar-refractivity contribution in [3.05, 3.63) is 12.2 Å². The highest BCUT2D eigenvalue weighted by molar-refractivity contribution is 5.82. The molecule has 0 aromatic carbocycles. The average molecular weight is 225 g/mol. The van der Waals surface area contributed by atoms with Crippen LogP contribution < -0.4 is 0 Å². The number of ether oxygens (including phenoxy) is 1. The van der Waals surface area contributed by atoms with Gasteiger partial charge in [-0.25, -0.2) is 4.79 Å². The Morgan fingerprint density at radius 2 is 2.31 bits per heavy atom. The molecular formula is C12H19NO3. The van der Waals surface area contributed by atoms with Gasteiger partial charge in [0.1, 0.15) is 0 Å². The summed E-state index contributed by atoms with van der Waals surface area (Å²) in [6.45, 7) is 5.55. The minimum atomic E-state index is -0.346. The predicted octanol–water partition coefficient (Wildman–Crippen LogP) is 1.36. The van der Waals surface area contributed by atoms with Gasteiger partial charge in [0.25, 0.3) is 0 Å². The van der Waals surface area contributed by atoms with Gasteiger partial charge in [-0.05, 0) is 12.8 Å². The van der Waals surface area contributed by atoms with Crippen LogP contribution in [0.2, 0.25) is 0 Å². The van der Waals surface area contributed by atoms with Gasteiger partial charge in [-0.2, -0.15) is 0 Å². The molecule has 1 atom stereocenters. The molecule has 4 nitrogen and oxygen atoms in total. The van der Waals surface area contributed by atoms with Gasteiger partial charge in [0.15, 0.2) is 0 Å². The monoisotopic (exact) mass is 225 g/mol. The van der Waals surface area contributed by atoms with Gasteiger partial charge >= 0.3 is 5.97 Å². The smallest absolute Gasteiger partial charge is 0.330 e. The summed E-state index contributed by atoms with van der Waals surface area (Å²) in [5.74, 6) is 0.310. The summed E-state index contributed by atoms with van der Waals surface area (Å²) < 4.78 is 4.75. The van der Waals surface area contributed by atoms with E-state index in [-0.39, 0.29) is 11.9 Å². The molecule has 1 aliphatic heterocycles. The Labute approximate surface area is 96.3 Å². The molecule has 0 aromatic heterocycles. The van der Waals surface area contributed by atoms with Gasteiger partial charge in [-0.1, -0.05) is 19.4 Å². The highest BCUT2D eigenvalue weighted by atomic mass is 16.5. The second-order valence-electron chi connectivity index (χ2n) is 3.93. The summed E-state index contributed by atoms with van der Waals surface area (Å²) >= 11 is 0. The molecule has 1 amide bonds. The first-order valence-electron chi connectivity index (χ1n) is 5.78. The average Bonchev–Trinajstić information content (AvgIpc) is 2.60. The van der Waals surface area contributed by atoms with Crippen molar-refractivity contribution in [1.82, 2.24) is 4.90 Å². The quantitative estimate of drug-likeness (QED) is 0.524. The Bertz CT molecular complexity index is 286.